The van der Waals surface area contributed by atoms with Crippen LogP contribution in [0.2, 0.25) is 0 Å². The first-order chi connectivity index (χ1) is 8.36. The van der Waals surface area contributed by atoms with Gasteiger partial charge in [-0.2, -0.15) is 0 Å². The summed E-state index contributed by atoms with van der Waals surface area (Å²) in [7, 11) is 0. The second-order valence-corrected chi connectivity index (χ2v) is 4.77. The molecule has 2 bridgehead atoms. The molecular weight excluding hydrogens is 240 g/mol. The van der Waals surface area contributed by atoms with Gasteiger partial charge in [0.1, 0.15) is 0 Å². The average molecular weight is 254 g/mol. The number of hydrogen-bond acceptors (Lipinski definition) is 5. The van der Waals surface area contributed by atoms with Crippen molar-refractivity contribution in [3.05, 3.63) is 12.2 Å². The van der Waals surface area contributed by atoms with Gasteiger partial charge in [0.2, 0.25) is 5.60 Å². The molecule has 2 rings (SSSR count). The van der Waals surface area contributed by atoms with Crippen molar-refractivity contribution in [2.24, 2.45) is 5.92 Å². The van der Waals surface area contributed by atoms with Gasteiger partial charge in [-0.25, -0.2) is 9.59 Å². The number of hydrogen-bond donors (Lipinski definition) is 1. The van der Waals surface area contributed by atoms with E-state index in [1.807, 2.05) is 0 Å². The van der Waals surface area contributed by atoms with E-state index in [4.69, 9.17) is 9.47 Å². The summed E-state index contributed by atoms with van der Waals surface area (Å²) in [5.41, 5.74) is -1.53. The Hall–Kier alpha value is -1.85. The molecule has 0 aromatic carbocycles. The lowest BCUT2D eigenvalue weighted by atomic mass is 9.78. The second kappa shape index (κ2) is 4.12. The Balaban J connectivity index is 2.24. The average Bonchev–Trinajstić information content (AvgIpc) is 2.57. The Morgan fingerprint density at radius 2 is 2.17 bits per heavy atom. The Labute approximate surface area is 104 Å². The van der Waals surface area contributed by atoms with E-state index in [-0.39, 0.29) is 12.0 Å². The lowest BCUT2D eigenvalue weighted by Crippen LogP contribution is -2.52. The number of carbonyl (C=O) groups is 3. The molecule has 0 aromatic heterocycles. The molecule has 0 radical (unpaired) electrons. The van der Waals surface area contributed by atoms with E-state index in [9.17, 15) is 19.5 Å². The van der Waals surface area contributed by atoms with E-state index in [2.05, 4.69) is 6.58 Å². The molecule has 6 heteroatoms. The minimum atomic E-state index is -1.72. The van der Waals surface area contributed by atoms with E-state index in [1.165, 1.54) is 6.92 Å². The third-order valence-corrected chi connectivity index (χ3v) is 3.42. The van der Waals surface area contributed by atoms with Crippen LogP contribution in [0.3, 0.4) is 0 Å². The van der Waals surface area contributed by atoms with E-state index >= 15 is 0 Å². The molecule has 1 saturated heterocycles. The molecule has 3 unspecified atom stereocenters. The summed E-state index contributed by atoms with van der Waals surface area (Å²) in [6.45, 7) is 4.91. The highest BCUT2D eigenvalue weighted by atomic mass is 16.6. The molecule has 1 N–H and O–H groups in total. The molecule has 98 valence electrons. The molecule has 6 nitrogen and oxygen atoms in total. The minimum absolute atomic E-state index is 0.0648. The second-order valence-electron chi connectivity index (χ2n) is 4.77. The fraction of sp³-hybridized carbons (Fsp3) is 0.583. The first-order valence-electron chi connectivity index (χ1n) is 5.69. The Morgan fingerprint density at radius 1 is 1.50 bits per heavy atom. The number of carbonyl (C=O) groups excluding carboxylic acids is 2. The van der Waals surface area contributed by atoms with Gasteiger partial charge >= 0.3 is 17.9 Å². The maximum absolute atomic E-state index is 11.5. The summed E-state index contributed by atoms with van der Waals surface area (Å²) in [6.07, 6.45) is -0.0964. The van der Waals surface area contributed by atoms with E-state index in [0.29, 0.717) is 12.8 Å². The molecule has 0 spiro atoms. The van der Waals surface area contributed by atoms with Crippen molar-refractivity contribution >= 4 is 17.9 Å². The van der Waals surface area contributed by atoms with E-state index in [1.54, 1.807) is 0 Å². The van der Waals surface area contributed by atoms with Gasteiger partial charge < -0.3 is 14.6 Å². The topological polar surface area (TPSA) is 89.9 Å². The Morgan fingerprint density at radius 3 is 2.72 bits per heavy atom. The smallest absolute Gasteiger partial charge is 0.352 e. The summed E-state index contributed by atoms with van der Waals surface area (Å²) in [4.78, 5) is 34.3. The summed E-state index contributed by atoms with van der Waals surface area (Å²) in [5, 5.41) is 9.26. The summed E-state index contributed by atoms with van der Waals surface area (Å²) < 4.78 is 10.1. The SMILES string of the molecule is C=C(C)C(=O)OC1CCC2CC1(C(=O)O)OC2=O. The van der Waals surface area contributed by atoms with Crippen molar-refractivity contribution in [1.29, 1.82) is 0 Å². The van der Waals surface area contributed by atoms with Crippen molar-refractivity contribution in [3.63, 3.8) is 0 Å². The predicted molar refractivity (Wildman–Crippen MR) is 58.5 cm³/mol. The number of fused-ring (bicyclic) bond motifs is 2. The molecule has 1 aliphatic heterocycles. The predicted octanol–water partition coefficient (Wildman–Crippen LogP) is 0.655. The van der Waals surface area contributed by atoms with Crippen LogP contribution in [0.4, 0.5) is 0 Å². The zero-order valence-electron chi connectivity index (χ0n) is 9.97. The zero-order chi connectivity index (χ0) is 13.5. The number of aliphatic carboxylic acids is 1. The third kappa shape index (κ3) is 1.77. The molecule has 0 aromatic rings. The summed E-state index contributed by atoms with van der Waals surface area (Å²) in [6, 6.07) is 0. The van der Waals surface area contributed by atoms with E-state index < -0.39 is 35.5 Å². The lowest BCUT2D eigenvalue weighted by Gasteiger charge is -2.33. The van der Waals surface area contributed by atoms with Crippen LogP contribution < -0.4 is 0 Å². The minimum Gasteiger partial charge on any atom is -0.478 e. The fourth-order valence-electron chi connectivity index (χ4n) is 2.41. The van der Waals surface area contributed by atoms with E-state index in [0.717, 1.165) is 0 Å². The number of carboxylic acids is 1. The molecular formula is C12H14O6. The maximum atomic E-state index is 11.5. The Bertz CT molecular complexity index is 440. The third-order valence-electron chi connectivity index (χ3n) is 3.42. The van der Waals surface area contributed by atoms with Gasteiger partial charge in [-0.15, -0.1) is 0 Å². The van der Waals surface area contributed by atoms with Gasteiger partial charge in [0.25, 0.3) is 0 Å². The van der Waals surface area contributed by atoms with Gasteiger partial charge in [0.05, 0.1) is 5.92 Å². The molecule has 2 fully saturated rings. The molecule has 1 saturated carbocycles. The molecule has 1 aliphatic carbocycles. The van der Waals surface area contributed by atoms with Gasteiger partial charge in [-0.1, -0.05) is 6.58 Å². The number of esters is 2. The van der Waals surface area contributed by atoms with Crippen molar-refractivity contribution in [2.75, 3.05) is 0 Å². The highest BCUT2D eigenvalue weighted by molar-refractivity contribution is 5.90. The molecule has 2 aliphatic rings. The first-order valence-corrected chi connectivity index (χ1v) is 5.69. The van der Waals surface area contributed by atoms with Crippen LogP contribution in [0.15, 0.2) is 12.2 Å². The highest BCUT2D eigenvalue weighted by Crippen LogP contribution is 2.44. The Kier molecular flexibility index (Phi) is 2.88. The van der Waals surface area contributed by atoms with Crippen LogP contribution in [0.1, 0.15) is 26.2 Å². The van der Waals surface area contributed by atoms with Crippen molar-refractivity contribution in [3.8, 4) is 0 Å². The summed E-state index contributed by atoms with van der Waals surface area (Å²) >= 11 is 0. The van der Waals surface area contributed by atoms with Crippen LogP contribution in [-0.4, -0.2) is 34.7 Å². The monoisotopic (exact) mass is 254 g/mol. The van der Waals surface area contributed by atoms with Crippen molar-refractivity contribution in [2.45, 2.75) is 37.9 Å². The highest BCUT2D eigenvalue weighted by Gasteiger charge is 2.62. The van der Waals surface area contributed by atoms with Crippen LogP contribution in [-0.2, 0) is 23.9 Å². The fourth-order valence-corrected chi connectivity index (χ4v) is 2.41. The van der Waals surface area contributed by atoms with Gasteiger partial charge in [0.15, 0.2) is 6.10 Å². The molecule has 3 atom stereocenters. The van der Waals surface area contributed by atoms with Crippen molar-refractivity contribution < 1.29 is 29.0 Å². The zero-order valence-corrected chi connectivity index (χ0v) is 9.97. The van der Waals surface area contributed by atoms with Crippen LogP contribution >= 0.6 is 0 Å². The number of ether oxygens (including phenoxy) is 2. The quantitative estimate of drug-likeness (QED) is 0.587. The molecule has 1 heterocycles. The van der Waals surface area contributed by atoms with Gasteiger partial charge in [-0.05, 0) is 19.8 Å². The van der Waals surface area contributed by atoms with Crippen LogP contribution in [0.5, 0.6) is 0 Å². The maximum Gasteiger partial charge on any atom is 0.352 e. The lowest BCUT2D eigenvalue weighted by molar-refractivity contribution is -0.189. The molecule has 0 amide bonds. The van der Waals surface area contributed by atoms with Crippen LogP contribution in [0.25, 0.3) is 0 Å². The number of rotatable bonds is 3. The molecule has 18 heavy (non-hydrogen) atoms. The standard InChI is InChI=1S/C12H14O6/c1-6(2)9(13)17-8-4-3-7-5-12(8,11(15)16)18-10(7)14/h7-8H,1,3-5H2,2H3,(H,15,16). The van der Waals surface area contributed by atoms with Crippen LogP contribution in [0, 0.1) is 5.92 Å². The number of carboxylic acid groups (broad SMARTS) is 1. The first kappa shape index (κ1) is 12.6. The largest absolute Gasteiger partial charge is 0.478 e. The van der Waals surface area contributed by atoms with Crippen molar-refractivity contribution in [1.82, 2.24) is 0 Å². The van der Waals surface area contributed by atoms with Gasteiger partial charge in [0, 0.05) is 12.0 Å². The normalized spacial score (nSPS) is 33.7. The summed E-state index contributed by atoms with van der Waals surface area (Å²) in [5.74, 6) is -2.85. The van der Waals surface area contributed by atoms with Gasteiger partial charge in [-0.3, -0.25) is 4.79 Å².